The van der Waals surface area contributed by atoms with Gasteiger partial charge in [-0.05, 0) is 36.5 Å². The highest BCUT2D eigenvalue weighted by molar-refractivity contribution is 6.32. The number of methoxy groups -OCH3 is 1. The lowest BCUT2D eigenvalue weighted by atomic mass is 10.0. The highest BCUT2D eigenvalue weighted by Gasteiger charge is 2.13. The first kappa shape index (κ1) is 13.7. The zero-order valence-electron chi connectivity index (χ0n) is 10.7. The Morgan fingerprint density at radius 3 is 3.06 bits per heavy atom. The highest BCUT2D eigenvalue weighted by Crippen LogP contribution is 2.24. The second-order valence-electron chi connectivity index (χ2n) is 4.68. The van der Waals surface area contributed by atoms with Gasteiger partial charge in [-0.3, -0.25) is 0 Å². The molecule has 100 valence electrons. The Hall–Kier alpha value is -0.770. The molecule has 0 aromatic heterocycles. The summed E-state index contributed by atoms with van der Waals surface area (Å²) in [6.07, 6.45) is 2.44. The van der Waals surface area contributed by atoms with E-state index in [1.165, 1.54) is 18.4 Å². The van der Waals surface area contributed by atoms with Crippen molar-refractivity contribution in [2.45, 2.75) is 19.4 Å². The number of rotatable bonds is 5. The van der Waals surface area contributed by atoms with Gasteiger partial charge in [0.15, 0.2) is 0 Å². The highest BCUT2D eigenvalue weighted by atomic mass is 35.5. The van der Waals surface area contributed by atoms with E-state index in [1.54, 1.807) is 7.11 Å². The fraction of sp³-hybridized carbons (Fsp3) is 0.571. The quantitative estimate of drug-likeness (QED) is 0.892. The van der Waals surface area contributed by atoms with Gasteiger partial charge in [0, 0.05) is 19.7 Å². The molecule has 0 aliphatic carbocycles. The standard InChI is InChI=1S/C14H20ClNO2/c1-17-14-5-4-11(7-13(14)15)8-16-9-12-3-2-6-18-10-12/h4-5,7,12,16H,2-3,6,8-10H2,1H3. The molecular weight excluding hydrogens is 250 g/mol. The van der Waals surface area contributed by atoms with Crippen LogP contribution in [0, 0.1) is 5.92 Å². The summed E-state index contributed by atoms with van der Waals surface area (Å²) < 4.78 is 10.6. The molecule has 1 aliphatic heterocycles. The maximum atomic E-state index is 6.08. The molecule has 18 heavy (non-hydrogen) atoms. The third-order valence-corrected chi connectivity index (χ3v) is 3.53. The number of hydrogen-bond donors (Lipinski definition) is 1. The van der Waals surface area contributed by atoms with Gasteiger partial charge in [0.25, 0.3) is 0 Å². The second-order valence-corrected chi connectivity index (χ2v) is 5.09. The van der Waals surface area contributed by atoms with Crippen molar-refractivity contribution in [2.75, 3.05) is 26.9 Å². The molecule has 1 saturated heterocycles. The predicted octanol–water partition coefficient (Wildman–Crippen LogP) is 2.86. The smallest absolute Gasteiger partial charge is 0.137 e. The molecule has 0 radical (unpaired) electrons. The number of ether oxygens (including phenoxy) is 2. The molecule has 0 amide bonds. The van der Waals surface area contributed by atoms with Gasteiger partial charge in [0.05, 0.1) is 18.7 Å². The van der Waals surface area contributed by atoms with E-state index in [-0.39, 0.29) is 0 Å². The third kappa shape index (κ3) is 3.87. The predicted molar refractivity (Wildman–Crippen MR) is 73.3 cm³/mol. The Kier molecular flexibility index (Phi) is 5.29. The summed E-state index contributed by atoms with van der Waals surface area (Å²) in [5.74, 6) is 1.37. The zero-order chi connectivity index (χ0) is 12.8. The molecule has 4 heteroatoms. The maximum absolute atomic E-state index is 6.08. The van der Waals surface area contributed by atoms with Crippen molar-refractivity contribution in [3.8, 4) is 5.75 Å². The van der Waals surface area contributed by atoms with Crippen LogP contribution in [-0.4, -0.2) is 26.9 Å². The number of benzene rings is 1. The third-order valence-electron chi connectivity index (χ3n) is 3.23. The van der Waals surface area contributed by atoms with E-state index in [0.29, 0.717) is 10.9 Å². The number of halogens is 1. The summed E-state index contributed by atoms with van der Waals surface area (Å²) in [5, 5.41) is 4.12. The van der Waals surface area contributed by atoms with Crippen LogP contribution in [0.15, 0.2) is 18.2 Å². The van der Waals surface area contributed by atoms with Gasteiger partial charge in [-0.25, -0.2) is 0 Å². The summed E-state index contributed by atoms with van der Waals surface area (Å²) in [6, 6.07) is 5.89. The van der Waals surface area contributed by atoms with Crippen molar-refractivity contribution in [1.29, 1.82) is 0 Å². The fourth-order valence-corrected chi connectivity index (χ4v) is 2.49. The maximum Gasteiger partial charge on any atom is 0.137 e. The van der Waals surface area contributed by atoms with Crippen LogP contribution >= 0.6 is 11.6 Å². The van der Waals surface area contributed by atoms with Gasteiger partial charge < -0.3 is 14.8 Å². The van der Waals surface area contributed by atoms with Crippen LogP contribution in [0.4, 0.5) is 0 Å². The monoisotopic (exact) mass is 269 g/mol. The second kappa shape index (κ2) is 6.98. The summed E-state index contributed by atoms with van der Waals surface area (Å²) in [7, 11) is 1.63. The molecule has 3 nitrogen and oxygen atoms in total. The normalized spacial score (nSPS) is 19.8. The van der Waals surface area contributed by atoms with Crippen LogP contribution < -0.4 is 10.1 Å². The Morgan fingerprint density at radius 1 is 1.50 bits per heavy atom. The lowest BCUT2D eigenvalue weighted by Gasteiger charge is -2.22. The minimum Gasteiger partial charge on any atom is -0.495 e. The Labute approximate surface area is 113 Å². The fourth-order valence-electron chi connectivity index (χ4n) is 2.21. The van der Waals surface area contributed by atoms with Crippen LogP contribution in [0.3, 0.4) is 0 Å². The molecular formula is C14H20ClNO2. The topological polar surface area (TPSA) is 30.5 Å². The van der Waals surface area contributed by atoms with Gasteiger partial charge in [0.1, 0.15) is 5.75 Å². The Bertz CT molecular complexity index is 378. The molecule has 1 heterocycles. The minimum atomic E-state index is 0.646. The number of nitrogens with one attached hydrogen (secondary N) is 1. The summed E-state index contributed by atoms with van der Waals surface area (Å²) in [6.45, 7) is 3.64. The van der Waals surface area contributed by atoms with Crippen molar-refractivity contribution in [3.63, 3.8) is 0 Å². The van der Waals surface area contributed by atoms with E-state index in [9.17, 15) is 0 Å². The molecule has 0 saturated carbocycles. The van der Waals surface area contributed by atoms with Gasteiger partial charge >= 0.3 is 0 Å². The Morgan fingerprint density at radius 2 is 2.39 bits per heavy atom. The summed E-state index contributed by atoms with van der Waals surface area (Å²) in [5.41, 5.74) is 1.18. The van der Waals surface area contributed by atoms with Gasteiger partial charge in [-0.15, -0.1) is 0 Å². The SMILES string of the molecule is COc1ccc(CNCC2CCCOC2)cc1Cl. The molecule has 0 bridgehead atoms. The average molecular weight is 270 g/mol. The van der Waals surface area contributed by atoms with Crippen molar-refractivity contribution in [1.82, 2.24) is 5.32 Å². The van der Waals surface area contributed by atoms with Crippen molar-refractivity contribution in [3.05, 3.63) is 28.8 Å². The zero-order valence-corrected chi connectivity index (χ0v) is 11.5. The Balaban J connectivity index is 1.77. The molecule has 1 aromatic rings. The molecule has 1 fully saturated rings. The number of hydrogen-bond acceptors (Lipinski definition) is 3. The lowest BCUT2D eigenvalue weighted by molar-refractivity contribution is 0.0547. The van der Waals surface area contributed by atoms with E-state index in [1.807, 2.05) is 18.2 Å². The van der Waals surface area contributed by atoms with E-state index in [4.69, 9.17) is 21.1 Å². The van der Waals surface area contributed by atoms with Crippen LogP contribution in [0.25, 0.3) is 0 Å². The first-order valence-corrected chi connectivity index (χ1v) is 6.78. The summed E-state index contributed by atoms with van der Waals surface area (Å²) >= 11 is 6.08. The van der Waals surface area contributed by atoms with Crippen LogP contribution in [0.5, 0.6) is 5.75 Å². The van der Waals surface area contributed by atoms with E-state index >= 15 is 0 Å². The molecule has 1 aromatic carbocycles. The van der Waals surface area contributed by atoms with Gasteiger partial charge in [-0.2, -0.15) is 0 Å². The van der Waals surface area contributed by atoms with Crippen LogP contribution in [0.2, 0.25) is 5.02 Å². The van der Waals surface area contributed by atoms with E-state index < -0.39 is 0 Å². The molecule has 2 rings (SSSR count). The van der Waals surface area contributed by atoms with Crippen LogP contribution in [0.1, 0.15) is 18.4 Å². The van der Waals surface area contributed by atoms with E-state index in [2.05, 4.69) is 5.32 Å². The first-order valence-electron chi connectivity index (χ1n) is 6.40. The van der Waals surface area contributed by atoms with Gasteiger partial charge in [-0.1, -0.05) is 17.7 Å². The molecule has 1 unspecified atom stereocenters. The summed E-state index contributed by atoms with van der Waals surface area (Å²) in [4.78, 5) is 0. The van der Waals surface area contributed by atoms with Gasteiger partial charge in [0.2, 0.25) is 0 Å². The average Bonchev–Trinajstić information content (AvgIpc) is 2.40. The van der Waals surface area contributed by atoms with E-state index in [0.717, 1.165) is 32.1 Å². The molecule has 1 aliphatic rings. The van der Waals surface area contributed by atoms with Crippen molar-refractivity contribution in [2.24, 2.45) is 5.92 Å². The lowest BCUT2D eigenvalue weighted by Crippen LogP contribution is -2.28. The molecule has 0 spiro atoms. The van der Waals surface area contributed by atoms with Crippen LogP contribution in [-0.2, 0) is 11.3 Å². The first-order chi connectivity index (χ1) is 8.79. The molecule has 1 N–H and O–H groups in total. The van der Waals surface area contributed by atoms with Crippen molar-refractivity contribution >= 4 is 11.6 Å². The molecule has 1 atom stereocenters. The van der Waals surface area contributed by atoms with Crippen molar-refractivity contribution < 1.29 is 9.47 Å². The minimum absolute atomic E-state index is 0.646. The largest absolute Gasteiger partial charge is 0.495 e.